The number of aryl methyl sites for hydroxylation is 2. The van der Waals surface area contributed by atoms with Crippen molar-refractivity contribution in [2.45, 2.75) is 26.1 Å². The number of carbonyl (C=O) groups is 1. The van der Waals surface area contributed by atoms with E-state index in [0.29, 0.717) is 22.9 Å². The SMILES string of the molecule is Cc1ccccc1-c1ccc(-c2ccc3c(c2)N(C(O)Nc2nc4ccccc4s2)CCC3)nc1C(=O)O. The third-order valence-corrected chi connectivity index (χ3v) is 7.88. The highest BCUT2D eigenvalue weighted by Crippen LogP contribution is 2.35. The zero-order valence-electron chi connectivity index (χ0n) is 20.8. The Balaban J connectivity index is 1.33. The van der Waals surface area contributed by atoms with E-state index in [4.69, 9.17) is 0 Å². The van der Waals surface area contributed by atoms with Crippen molar-refractivity contribution >= 4 is 38.3 Å². The van der Waals surface area contributed by atoms with Crippen molar-refractivity contribution in [1.82, 2.24) is 9.97 Å². The maximum Gasteiger partial charge on any atom is 0.355 e. The third-order valence-electron chi connectivity index (χ3n) is 6.91. The molecule has 0 aliphatic carbocycles. The molecule has 7 nitrogen and oxygen atoms in total. The van der Waals surface area contributed by atoms with Crippen LogP contribution >= 0.6 is 11.3 Å². The average Bonchev–Trinajstić information content (AvgIpc) is 3.34. The summed E-state index contributed by atoms with van der Waals surface area (Å²) in [5.41, 5.74) is 6.73. The molecule has 6 rings (SSSR count). The van der Waals surface area contributed by atoms with Crippen molar-refractivity contribution in [3.8, 4) is 22.4 Å². The highest BCUT2D eigenvalue weighted by atomic mass is 32.1. The summed E-state index contributed by atoms with van der Waals surface area (Å²) in [6.45, 7) is 2.64. The lowest BCUT2D eigenvalue weighted by molar-refractivity contribution is 0.0691. The van der Waals surface area contributed by atoms with Crippen LogP contribution in [0.25, 0.3) is 32.6 Å². The first-order chi connectivity index (χ1) is 18.5. The number of benzene rings is 3. The van der Waals surface area contributed by atoms with Crippen LogP contribution in [0.15, 0.2) is 78.9 Å². The average molecular weight is 523 g/mol. The summed E-state index contributed by atoms with van der Waals surface area (Å²) in [4.78, 5) is 23.3. The molecular formula is C30H26N4O3S. The van der Waals surface area contributed by atoms with E-state index in [-0.39, 0.29) is 5.69 Å². The fourth-order valence-electron chi connectivity index (χ4n) is 5.01. The number of hydrogen-bond donors (Lipinski definition) is 3. The number of aromatic carboxylic acids is 1. The minimum atomic E-state index is -1.07. The van der Waals surface area contributed by atoms with E-state index in [2.05, 4.69) is 15.3 Å². The van der Waals surface area contributed by atoms with Gasteiger partial charge in [0, 0.05) is 23.4 Å². The van der Waals surface area contributed by atoms with Crippen molar-refractivity contribution in [3.05, 3.63) is 95.7 Å². The van der Waals surface area contributed by atoms with Crippen molar-refractivity contribution in [2.75, 3.05) is 16.8 Å². The van der Waals surface area contributed by atoms with Gasteiger partial charge in [-0.1, -0.05) is 59.9 Å². The van der Waals surface area contributed by atoms with Gasteiger partial charge in [-0.3, -0.25) is 0 Å². The van der Waals surface area contributed by atoms with E-state index in [1.807, 2.05) is 90.7 Å². The van der Waals surface area contributed by atoms with Crippen LogP contribution in [-0.4, -0.2) is 39.0 Å². The van der Waals surface area contributed by atoms with E-state index in [0.717, 1.165) is 51.0 Å². The van der Waals surface area contributed by atoms with Crippen molar-refractivity contribution in [3.63, 3.8) is 0 Å². The molecular weight excluding hydrogens is 496 g/mol. The summed E-state index contributed by atoms with van der Waals surface area (Å²) in [5, 5.41) is 24.9. The van der Waals surface area contributed by atoms with E-state index in [9.17, 15) is 15.0 Å². The largest absolute Gasteiger partial charge is 0.476 e. The number of thiazole rings is 1. The number of aliphatic hydroxyl groups excluding tert-OH is 1. The number of aromatic nitrogens is 2. The Labute approximate surface area is 224 Å². The molecule has 0 amide bonds. The Hall–Kier alpha value is -4.27. The monoisotopic (exact) mass is 522 g/mol. The normalized spacial score (nSPS) is 13.8. The lowest BCUT2D eigenvalue weighted by Crippen LogP contribution is -2.43. The van der Waals surface area contributed by atoms with Crippen LogP contribution < -0.4 is 10.2 Å². The van der Waals surface area contributed by atoms with Gasteiger partial charge in [0.2, 0.25) is 6.35 Å². The summed E-state index contributed by atoms with van der Waals surface area (Å²) in [6.07, 6.45) is 0.855. The quantitative estimate of drug-likeness (QED) is 0.229. The number of hydrogen-bond acceptors (Lipinski definition) is 7. The number of rotatable bonds is 6. The Morgan fingerprint density at radius 1 is 1.00 bits per heavy atom. The molecule has 1 atom stereocenters. The molecule has 3 N–H and O–H groups in total. The molecule has 38 heavy (non-hydrogen) atoms. The minimum Gasteiger partial charge on any atom is -0.476 e. The Bertz CT molecular complexity index is 1630. The second-order valence-corrected chi connectivity index (χ2v) is 10.4. The number of nitrogens with zero attached hydrogens (tertiary/aromatic N) is 3. The van der Waals surface area contributed by atoms with Crippen LogP contribution in [0.4, 0.5) is 10.8 Å². The van der Waals surface area contributed by atoms with Crippen LogP contribution in [-0.2, 0) is 6.42 Å². The van der Waals surface area contributed by atoms with Gasteiger partial charge in [0.05, 0.1) is 15.9 Å². The first-order valence-electron chi connectivity index (χ1n) is 12.5. The Kier molecular flexibility index (Phi) is 6.27. The smallest absolute Gasteiger partial charge is 0.355 e. The molecule has 8 heteroatoms. The first-order valence-corrected chi connectivity index (χ1v) is 13.3. The van der Waals surface area contributed by atoms with E-state index < -0.39 is 12.3 Å². The lowest BCUT2D eigenvalue weighted by Gasteiger charge is -2.35. The molecule has 0 saturated carbocycles. The maximum absolute atomic E-state index is 12.2. The number of pyridine rings is 1. The summed E-state index contributed by atoms with van der Waals surface area (Å²) in [7, 11) is 0. The summed E-state index contributed by atoms with van der Waals surface area (Å²) < 4.78 is 1.05. The number of anilines is 2. The molecule has 0 bridgehead atoms. The van der Waals surface area contributed by atoms with Crippen molar-refractivity contribution in [1.29, 1.82) is 0 Å². The van der Waals surface area contributed by atoms with Crippen LogP contribution in [0, 0.1) is 6.92 Å². The number of carboxylic acid groups (broad SMARTS) is 1. The maximum atomic E-state index is 12.2. The molecule has 5 aromatic rings. The number of para-hydroxylation sites is 1. The second-order valence-electron chi connectivity index (χ2n) is 9.36. The molecule has 1 unspecified atom stereocenters. The van der Waals surface area contributed by atoms with Gasteiger partial charge in [0.1, 0.15) is 0 Å². The molecule has 0 saturated heterocycles. The summed E-state index contributed by atoms with van der Waals surface area (Å²) in [5.74, 6) is -1.07. The van der Waals surface area contributed by atoms with Gasteiger partial charge in [-0.05, 0) is 66.8 Å². The van der Waals surface area contributed by atoms with Gasteiger partial charge < -0.3 is 20.4 Å². The predicted molar refractivity (Wildman–Crippen MR) is 152 cm³/mol. The standard InChI is InChI=1S/C30H26N4O3S/c1-18-7-2-3-9-21(18)22-14-15-23(31-27(22)28(35)36)20-13-12-19-8-6-16-34(25(19)17-20)30(37)33-29-32-24-10-4-5-11-26(24)38-29/h2-5,7,9-15,17,30,37H,6,8,16H2,1H3,(H,32,33)(H,35,36). The highest BCUT2D eigenvalue weighted by Gasteiger charge is 2.25. The molecule has 2 aromatic heterocycles. The lowest BCUT2D eigenvalue weighted by atomic mass is 9.96. The van der Waals surface area contributed by atoms with E-state index >= 15 is 0 Å². The number of fused-ring (bicyclic) bond motifs is 2. The summed E-state index contributed by atoms with van der Waals surface area (Å²) in [6, 6.07) is 25.3. The minimum absolute atomic E-state index is 0.0175. The van der Waals surface area contributed by atoms with Crippen LogP contribution in [0.5, 0.6) is 0 Å². The zero-order valence-corrected chi connectivity index (χ0v) is 21.6. The molecule has 3 heterocycles. The topological polar surface area (TPSA) is 98.6 Å². The summed E-state index contributed by atoms with van der Waals surface area (Å²) >= 11 is 1.50. The molecule has 3 aromatic carbocycles. The molecule has 0 fully saturated rings. The number of nitrogens with one attached hydrogen (secondary N) is 1. The van der Waals surface area contributed by atoms with Gasteiger partial charge in [-0.15, -0.1) is 0 Å². The van der Waals surface area contributed by atoms with E-state index in [1.165, 1.54) is 11.3 Å². The first kappa shape index (κ1) is 24.1. The van der Waals surface area contributed by atoms with E-state index in [1.54, 1.807) is 0 Å². The van der Waals surface area contributed by atoms with Crippen LogP contribution in [0.1, 0.15) is 28.0 Å². The third kappa shape index (κ3) is 4.49. The predicted octanol–water partition coefficient (Wildman–Crippen LogP) is 6.17. The fourth-order valence-corrected chi connectivity index (χ4v) is 5.90. The zero-order chi connectivity index (χ0) is 26.2. The van der Waals surface area contributed by atoms with Gasteiger partial charge in [0.25, 0.3) is 0 Å². The van der Waals surface area contributed by atoms with Gasteiger partial charge in [0.15, 0.2) is 10.8 Å². The number of carboxylic acids is 1. The Morgan fingerprint density at radius 3 is 2.63 bits per heavy atom. The molecule has 1 aliphatic rings. The van der Waals surface area contributed by atoms with Gasteiger partial charge in [-0.2, -0.15) is 0 Å². The van der Waals surface area contributed by atoms with Crippen LogP contribution in [0.3, 0.4) is 0 Å². The number of aliphatic hydroxyl groups is 1. The molecule has 0 spiro atoms. The molecule has 190 valence electrons. The van der Waals surface area contributed by atoms with Crippen LogP contribution in [0.2, 0.25) is 0 Å². The van der Waals surface area contributed by atoms with Gasteiger partial charge >= 0.3 is 5.97 Å². The Morgan fingerprint density at radius 2 is 1.82 bits per heavy atom. The van der Waals surface area contributed by atoms with Crippen molar-refractivity contribution < 1.29 is 15.0 Å². The molecule has 0 radical (unpaired) electrons. The van der Waals surface area contributed by atoms with Crippen molar-refractivity contribution in [2.24, 2.45) is 0 Å². The second kappa shape index (κ2) is 9.89. The molecule has 1 aliphatic heterocycles. The van der Waals surface area contributed by atoms with Gasteiger partial charge in [-0.25, -0.2) is 14.8 Å². The fraction of sp³-hybridized carbons (Fsp3) is 0.167. The highest BCUT2D eigenvalue weighted by molar-refractivity contribution is 7.22.